The minimum absolute atomic E-state index is 0.0370. The summed E-state index contributed by atoms with van der Waals surface area (Å²) in [4.78, 5) is 0. The summed E-state index contributed by atoms with van der Waals surface area (Å²) >= 11 is 0. The maximum Gasteiger partial charge on any atom is 0.129 e. The van der Waals surface area contributed by atoms with Crippen molar-refractivity contribution in [3.63, 3.8) is 0 Å². The first-order valence-electron chi connectivity index (χ1n) is 6.88. The van der Waals surface area contributed by atoms with Gasteiger partial charge in [-0.2, -0.15) is 0 Å². The molecule has 4 heteroatoms. The summed E-state index contributed by atoms with van der Waals surface area (Å²) in [6, 6.07) is 5.59. The lowest BCUT2D eigenvalue weighted by Gasteiger charge is -2.36. The molecule has 1 N–H and O–H groups in total. The first-order valence-corrected chi connectivity index (χ1v) is 6.88. The van der Waals surface area contributed by atoms with Crippen molar-refractivity contribution in [3.8, 4) is 11.5 Å². The molecule has 19 heavy (non-hydrogen) atoms. The molecule has 2 heterocycles. The van der Waals surface area contributed by atoms with Gasteiger partial charge >= 0.3 is 0 Å². The topological polar surface area (TPSA) is 47.9 Å². The molecule has 4 nitrogen and oxygen atoms in total. The molecule has 0 aliphatic carbocycles. The molecule has 1 aromatic rings. The molecular weight excluding hydrogens is 244 g/mol. The highest BCUT2D eigenvalue weighted by atomic mass is 16.5. The fraction of sp³-hybridized carbons (Fsp3) is 0.600. The monoisotopic (exact) mass is 264 g/mol. The van der Waals surface area contributed by atoms with Gasteiger partial charge in [-0.05, 0) is 25.0 Å². The van der Waals surface area contributed by atoms with Gasteiger partial charge in [-0.1, -0.05) is 0 Å². The van der Waals surface area contributed by atoms with Crippen molar-refractivity contribution in [1.29, 1.82) is 0 Å². The summed E-state index contributed by atoms with van der Waals surface area (Å²) in [6.45, 7) is 1.58. The maximum atomic E-state index is 10.3. The van der Waals surface area contributed by atoms with Crippen molar-refractivity contribution in [2.24, 2.45) is 5.92 Å². The number of rotatable bonds is 2. The second-order valence-corrected chi connectivity index (χ2v) is 5.29. The van der Waals surface area contributed by atoms with E-state index in [9.17, 15) is 5.11 Å². The fourth-order valence-electron chi connectivity index (χ4n) is 2.92. The number of ether oxygens (including phenoxy) is 3. The van der Waals surface area contributed by atoms with Gasteiger partial charge in [0.25, 0.3) is 0 Å². The van der Waals surface area contributed by atoms with Gasteiger partial charge in [0.1, 0.15) is 17.6 Å². The predicted molar refractivity (Wildman–Crippen MR) is 70.5 cm³/mol. The van der Waals surface area contributed by atoms with Gasteiger partial charge in [-0.25, -0.2) is 0 Å². The third kappa shape index (κ3) is 2.55. The van der Waals surface area contributed by atoms with Crippen LogP contribution in [0, 0.1) is 5.92 Å². The summed E-state index contributed by atoms with van der Waals surface area (Å²) < 4.78 is 16.8. The maximum absolute atomic E-state index is 10.3. The van der Waals surface area contributed by atoms with Crippen LogP contribution in [0.3, 0.4) is 0 Å². The molecule has 2 aliphatic rings. The molecule has 0 spiro atoms. The summed E-state index contributed by atoms with van der Waals surface area (Å²) in [6.07, 6.45) is 2.41. The lowest BCUT2D eigenvalue weighted by Crippen LogP contribution is -2.37. The van der Waals surface area contributed by atoms with E-state index >= 15 is 0 Å². The first kappa shape index (κ1) is 12.8. The van der Waals surface area contributed by atoms with E-state index in [1.54, 1.807) is 7.11 Å². The molecule has 3 rings (SSSR count). The lowest BCUT2D eigenvalue weighted by molar-refractivity contribution is -0.0286. The Balaban J connectivity index is 1.81. The van der Waals surface area contributed by atoms with Gasteiger partial charge in [0.2, 0.25) is 0 Å². The summed E-state index contributed by atoms with van der Waals surface area (Å²) in [7, 11) is 1.63. The van der Waals surface area contributed by atoms with Crippen molar-refractivity contribution < 1.29 is 19.3 Å². The third-order valence-electron chi connectivity index (χ3n) is 4.03. The Labute approximate surface area is 113 Å². The van der Waals surface area contributed by atoms with Gasteiger partial charge in [-0.3, -0.25) is 0 Å². The number of hydrogen-bond acceptors (Lipinski definition) is 4. The molecule has 0 amide bonds. The van der Waals surface area contributed by atoms with Crippen LogP contribution in [-0.4, -0.2) is 31.5 Å². The smallest absolute Gasteiger partial charge is 0.129 e. The van der Waals surface area contributed by atoms with Crippen LogP contribution in [0.25, 0.3) is 0 Å². The standard InChI is InChI=1S/C15H20O4/c1-17-11-4-5-12-13(16)8-14(19-15(12)7-11)10-3-2-6-18-9-10/h4-5,7,10,13-14,16H,2-3,6,8-9H2,1H3. The van der Waals surface area contributed by atoms with E-state index in [1.807, 2.05) is 18.2 Å². The number of aliphatic hydroxyl groups is 1. The number of fused-ring (bicyclic) bond motifs is 1. The van der Waals surface area contributed by atoms with Gasteiger partial charge in [0, 0.05) is 30.6 Å². The average Bonchev–Trinajstić information content (AvgIpc) is 2.47. The average molecular weight is 264 g/mol. The van der Waals surface area contributed by atoms with Crippen LogP contribution >= 0.6 is 0 Å². The van der Waals surface area contributed by atoms with E-state index in [0.717, 1.165) is 43.1 Å². The second-order valence-electron chi connectivity index (χ2n) is 5.29. The Morgan fingerprint density at radius 1 is 1.37 bits per heavy atom. The van der Waals surface area contributed by atoms with Crippen LogP contribution in [0.4, 0.5) is 0 Å². The van der Waals surface area contributed by atoms with Gasteiger partial charge in [0.05, 0.1) is 19.8 Å². The Kier molecular flexibility index (Phi) is 3.62. The summed E-state index contributed by atoms with van der Waals surface area (Å²) in [5, 5.41) is 10.3. The van der Waals surface area contributed by atoms with Gasteiger partial charge < -0.3 is 19.3 Å². The van der Waals surface area contributed by atoms with Crippen molar-refractivity contribution in [3.05, 3.63) is 23.8 Å². The van der Waals surface area contributed by atoms with E-state index in [4.69, 9.17) is 14.2 Å². The second kappa shape index (κ2) is 5.39. The zero-order valence-electron chi connectivity index (χ0n) is 11.2. The number of methoxy groups -OCH3 is 1. The van der Waals surface area contributed by atoms with Gasteiger partial charge in [0.15, 0.2) is 0 Å². The normalized spacial score (nSPS) is 30.3. The fourth-order valence-corrected chi connectivity index (χ4v) is 2.92. The summed E-state index contributed by atoms with van der Waals surface area (Å²) in [5.74, 6) is 1.88. The molecule has 0 aromatic heterocycles. The molecule has 2 aliphatic heterocycles. The van der Waals surface area contributed by atoms with E-state index in [-0.39, 0.29) is 6.10 Å². The Hall–Kier alpha value is -1.26. The first-order chi connectivity index (χ1) is 9.28. The highest BCUT2D eigenvalue weighted by Crippen LogP contribution is 2.40. The molecule has 1 fully saturated rings. The SMILES string of the molecule is COc1ccc2c(c1)OC(C1CCCOC1)CC2O. The third-order valence-corrected chi connectivity index (χ3v) is 4.03. The molecule has 0 radical (unpaired) electrons. The van der Waals surface area contributed by atoms with Crippen LogP contribution in [-0.2, 0) is 4.74 Å². The molecule has 0 bridgehead atoms. The molecule has 0 saturated carbocycles. The zero-order valence-corrected chi connectivity index (χ0v) is 11.2. The van der Waals surface area contributed by atoms with Crippen molar-refractivity contribution in [1.82, 2.24) is 0 Å². The van der Waals surface area contributed by atoms with Crippen molar-refractivity contribution in [2.45, 2.75) is 31.5 Å². The van der Waals surface area contributed by atoms with E-state index < -0.39 is 6.10 Å². The molecule has 1 saturated heterocycles. The minimum atomic E-state index is -0.457. The van der Waals surface area contributed by atoms with Crippen molar-refractivity contribution in [2.75, 3.05) is 20.3 Å². The molecule has 1 aromatic carbocycles. The highest BCUT2D eigenvalue weighted by molar-refractivity contribution is 5.43. The summed E-state index contributed by atoms with van der Waals surface area (Å²) in [5.41, 5.74) is 0.855. The van der Waals surface area contributed by atoms with Gasteiger partial charge in [-0.15, -0.1) is 0 Å². The molecule has 104 valence electrons. The largest absolute Gasteiger partial charge is 0.497 e. The van der Waals surface area contributed by atoms with E-state index in [0.29, 0.717) is 12.3 Å². The Bertz CT molecular complexity index is 440. The molecular formula is C15H20O4. The predicted octanol–water partition coefficient (Wildman–Crippen LogP) is 2.31. The molecule has 3 unspecified atom stereocenters. The zero-order chi connectivity index (χ0) is 13.2. The Morgan fingerprint density at radius 3 is 3.00 bits per heavy atom. The highest BCUT2D eigenvalue weighted by Gasteiger charge is 2.33. The van der Waals surface area contributed by atoms with E-state index in [2.05, 4.69) is 0 Å². The van der Waals surface area contributed by atoms with Crippen LogP contribution in [0.1, 0.15) is 30.9 Å². The number of benzene rings is 1. The lowest BCUT2D eigenvalue weighted by atomic mass is 9.88. The minimum Gasteiger partial charge on any atom is -0.497 e. The quantitative estimate of drug-likeness (QED) is 0.890. The van der Waals surface area contributed by atoms with Crippen LogP contribution in [0.15, 0.2) is 18.2 Å². The number of aliphatic hydroxyl groups excluding tert-OH is 1. The number of hydrogen-bond donors (Lipinski definition) is 1. The molecule has 3 atom stereocenters. The van der Waals surface area contributed by atoms with Crippen LogP contribution < -0.4 is 9.47 Å². The van der Waals surface area contributed by atoms with E-state index in [1.165, 1.54) is 0 Å². The van der Waals surface area contributed by atoms with Crippen molar-refractivity contribution >= 4 is 0 Å². The van der Waals surface area contributed by atoms with Crippen LogP contribution in [0.5, 0.6) is 11.5 Å². The van der Waals surface area contributed by atoms with Crippen LogP contribution in [0.2, 0.25) is 0 Å². The Morgan fingerprint density at radius 2 is 2.26 bits per heavy atom.